The molecule has 7 heteroatoms. The second-order valence-corrected chi connectivity index (χ2v) is 7.42. The minimum Gasteiger partial charge on any atom is -0.369 e. The van der Waals surface area contributed by atoms with E-state index in [4.69, 9.17) is 0 Å². The third-order valence-electron chi connectivity index (χ3n) is 5.63. The molecule has 3 heterocycles. The first-order valence-electron chi connectivity index (χ1n) is 9.75. The number of anilines is 1. The molecule has 0 bridgehead atoms. The summed E-state index contributed by atoms with van der Waals surface area (Å²) in [6.45, 7) is 2.99. The molecular formula is C20H26FN5O. The van der Waals surface area contributed by atoms with E-state index < -0.39 is 0 Å². The molecule has 6 nitrogen and oxygen atoms in total. The van der Waals surface area contributed by atoms with Crippen LogP contribution < -0.4 is 10.2 Å². The van der Waals surface area contributed by atoms with Crippen LogP contribution in [0.4, 0.5) is 14.9 Å². The Labute approximate surface area is 158 Å². The molecule has 2 amide bonds. The van der Waals surface area contributed by atoms with Crippen molar-refractivity contribution in [3.8, 4) is 0 Å². The second-order valence-electron chi connectivity index (χ2n) is 7.42. The summed E-state index contributed by atoms with van der Waals surface area (Å²) < 4.78 is 14.0. The van der Waals surface area contributed by atoms with Gasteiger partial charge in [0.05, 0.1) is 5.69 Å². The van der Waals surface area contributed by atoms with Crippen LogP contribution in [0.3, 0.4) is 0 Å². The van der Waals surface area contributed by atoms with E-state index in [-0.39, 0.29) is 23.8 Å². The Morgan fingerprint density at radius 1 is 1.19 bits per heavy atom. The van der Waals surface area contributed by atoms with Crippen LogP contribution in [0.25, 0.3) is 0 Å². The standard InChI is InChI=1S/C20H26FN5O/c21-17-5-1-2-6-18(17)25-12-7-16(8-13-25)24-20(27)26-11-3-4-15(14-26)19-22-9-10-23-19/h1-2,5-6,9-10,15-16H,3-4,7-8,11-14H2,(H,22,23)(H,24,27)/t15-/m0/s1. The minimum atomic E-state index is -0.183. The first kappa shape index (κ1) is 17.8. The van der Waals surface area contributed by atoms with Gasteiger partial charge in [-0.05, 0) is 37.8 Å². The quantitative estimate of drug-likeness (QED) is 0.871. The fourth-order valence-electron chi connectivity index (χ4n) is 4.12. The normalized spacial score (nSPS) is 21.3. The van der Waals surface area contributed by atoms with Crippen molar-refractivity contribution in [2.75, 3.05) is 31.1 Å². The van der Waals surface area contributed by atoms with Crippen LogP contribution in [-0.2, 0) is 0 Å². The number of carbonyl (C=O) groups is 1. The average Bonchev–Trinajstić information content (AvgIpc) is 3.24. The maximum absolute atomic E-state index is 14.0. The Morgan fingerprint density at radius 3 is 2.74 bits per heavy atom. The number of para-hydroxylation sites is 1. The molecule has 1 atom stereocenters. The monoisotopic (exact) mass is 371 g/mol. The zero-order valence-corrected chi connectivity index (χ0v) is 15.4. The highest BCUT2D eigenvalue weighted by molar-refractivity contribution is 5.74. The third kappa shape index (κ3) is 4.07. The summed E-state index contributed by atoms with van der Waals surface area (Å²) in [5, 5.41) is 3.18. The van der Waals surface area contributed by atoms with Gasteiger partial charge in [-0.15, -0.1) is 0 Å². The second kappa shape index (κ2) is 7.98. The number of aromatic amines is 1. The minimum absolute atomic E-state index is 0.00981. The van der Waals surface area contributed by atoms with Crippen molar-refractivity contribution in [1.82, 2.24) is 20.2 Å². The maximum atomic E-state index is 14.0. The number of hydrogen-bond acceptors (Lipinski definition) is 3. The van der Waals surface area contributed by atoms with E-state index in [0.717, 1.165) is 51.1 Å². The van der Waals surface area contributed by atoms with Crippen molar-refractivity contribution < 1.29 is 9.18 Å². The highest BCUT2D eigenvalue weighted by Gasteiger charge is 2.28. The number of hydrogen-bond donors (Lipinski definition) is 2. The van der Waals surface area contributed by atoms with E-state index in [0.29, 0.717) is 12.2 Å². The van der Waals surface area contributed by atoms with Gasteiger partial charge in [-0.2, -0.15) is 0 Å². The summed E-state index contributed by atoms with van der Waals surface area (Å²) in [6, 6.07) is 7.03. The van der Waals surface area contributed by atoms with E-state index in [1.54, 1.807) is 12.3 Å². The number of nitrogens with zero attached hydrogens (tertiary/aromatic N) is 3. The van der Waals surface area contributed by atoms with Crippen molar-refractivity contribution >= 4 is 11.7 Å². The maximum Gasteiger partial charge on any atom is 0.317 e. The SMILES string of the molecule is O=C(NC1CCN(c2ccccc2F)CC1)N1CCC[C@H](c2ncc[nH]2)C1. The van der Waals surface area contributed by atoms with E-state index in [1.165, 1.54) is 6.07 Å². The zero-order chi connectivity index (χ0) is 18.6. The number of imidazole rings is 1. The molecule has 0 aliphatic carbocycles. The summed E-state index contributed by atoms with van der Waals surface area (Å²) in [7, 11) is 0. The lowest BCUT2D eigenvalue weighted by molar-refractivity contribution is 0.173. The molecule has 2 N–H and O–H groups in total. The fourth-order valence-corrected chi connectivity index (χ4v) is 4.12. The number of carbonyl (C=O) groups excluding carboxylic acids is 1. The predicted molar refractivity (Wildman–Crippen MR) is 102 cm³/mol. The number of halogens is 1. The average molecular weight is 371 g/mol. The molecular weight excluding hydrogens is 345 g/mol. The number of benzene rings is 1. The van der Waals surface area contributed by atoms with Crippen molar-refractivity contribution in [1.29, 1.82) is 0 Å². The first-order valence-corrected chi connectivity index (χ1v) is 9.75. The molecule has 1 aromatic carbocycles. The molecule has 0 spiro atoms. The van der Waals surface area contributed by atoms with Crippen molar-refractivity contribution in [3.05, 3.63) is 48.3 Å². The summed E-state index contributed by atoms with van der Waals surface area (Å²) in [6.07, 6.45) is 7.29. The summed E-state index contributed by atoms with van der Waals surface area (Å²) >= 11 is 0. The van der Waals surface area contributed by atoms with E-state index in [9.17, 15) is 9.18 Å². The summed E-state index contributed by atoms with van der Waals surface area (Å²) in [5.74, 6) is 1.06. The fraction of sp³-hybridized carbons (Fsp3) is 0.500. The van der Waals surface area contributed by atoms with E-state index in [1.807, 2.05) is 23.2 Å². The van der Waals surface area contributed by atoms with Gasteiger partial charge in [0.1, 0.15) is 11.6 Å². The van der Waals surface area contributed by atoms with Crippen LogP contribution in [-0.4, -0.2) is 53.1 Å². The van der Waals surface area contributed by atoms with Gasteiger partial charge in [-0.1, -0.05) is 12.1 Å². The van der Waals surface area contributed by atoms with Gasteiger partial charge in [0.2, 0.25) is 0 Å². The molecule has 0 unspecified atom stereocenters. The largest absolute Gasteiger partial charge is 0.369 e. The molecule has 2 aliphatic heterocycles. The number of amides is 2. The Bertz CT molecular complexity index is 757. The number of urea groups is 1. The van der Waals surface area contributed by atoms with Gasteiger partial charge < -0.3 is 20.1 Å². The molecule has 0 saturated carbocycles. The van der Waals surface area contributed by atoms with Gasteiger partial charge in [0.15, 0.2) is 0 Å². The number of aromatic nitrogens is 2. The number of H-pyrrole nitrogens is 1. The highest BCUT2D eigenvalue weighted by atomic mass is 19.1. The lowest BCUT2D eigenvalue weighted by atomic mass is 9.97. The lowest BCUT2D eigenvalue weighted by Crippen LogP contribution is -2.51. The highest BCUT2D eigenvalue weighted by Crippen LogP contribution is 2.25. The lowest BCUT2D eigenvalue weighted by Gasteiger charge is -2.36. The Balaban J connectivity index is 1.29. The Kier molecular flexibility index (Phi) is 5.27. The van der Waals surface area contributed by atoms with Crippen LogP contribution in [0.1, 0.15) is 37.4 Å². The first-order chi connectivity index (χ1) is 13.2. The predicted octanol–water partition coefficient (Wildman–Crippen LogP) is 3.11. The summed E-state index contributed by atoms with van der Waals surface area (Å²) in [5.41, 5.74) is 0.652. The smallest absolute Gasteiger partial charge is 0.317 e. The van der Waals surface area contributed by atoms with Crippen LogP contribution in [0.15, 0.2) is 36.7 Å². The molecule has 2 aliphatic rings. The molecule has 2 fully saturated rings. The van der Waals surface area contributed by atoms with Crippen molar-refractivity contribution in [3.63, 3.8) is 0 Å². The van der Waals surface area contributed by atoms with Gasteiger partial charge in [-0.3, -0.25) is 0 Å². The van der Waals surface area contributed by atoms with Crippen LogP contribution in [0.5, 0.6) is 0 Å². The van der Waals surface area contributed by atoms with E-state index >= 15 is 0 Å². The van der Waals surface area contributed by atoms with Gasteiger partial charge in [0, 0.05) is 50.5 Å². The topological polar surface area (TPSA) is 64.3 Å². The van der Waals surface area contributed by atoms with Crippen LogP contribution in [0.2, 0.25) is 0 Å². The number of nitrogens with one attached hydrogen (secondary N) is 2. The third-order valence-corrected chi connectivity index (χ3v) is 5.63. The van der Waals surface area contributed by atoms with Gasteiger partial charge in [-0.25, -0.2) is 14.2 Å². The molecule has 144 valence electrons. The molecule has 27 heavy (non-hydrogen) atoms. The molecule has 2 saturated heterocycles. The number of rotatable bonds is 3. The molecule has 1 aromatic heterocycles. The Morgan fingerprint density at radius 2 is 2.00 bits per heavy atom. The summed E-state index contributed by atoms with van der Waals surface area (Å²) in [4.78, 5) is 24.2. The van der Waals surface area contributed by atoms with Crippen molar-refractivity contribution in [2.45, 2.75) is 37.6 Å². The van der Waals surface area contributed by atoms with Crippen LogP contribution in [0, 0.1) is 5.82 Å². The zero-order valence-electron chi connectivity index (χ0n) is 15.4. The molecule has 4 rings (SSSR count). The Hall–Kier alpha value is -2.57. The molecule has 2 aromatic rings. The van der Waals surface area contributed by atoms with Gasteiger partial charge >= 0.3 is 6.03 Å². The van der Waals surface area contributed by atoms with Crippen molar-refractivity contribution in [2.24, 2.45) is 0 Å². The number of piperidine rings is 2. The molecule has 0 radical (unpaired) electrons. The number of likely N-dealkylation sites (tertiary alicyclic amines) is 1. The van der Waals surface area contributed by atoms with Crippen LogP contribution >= 0.6 is 0 Å². The van der Waals surface area contributed by atoms with E-state index in [2.05, 4.69) is 20.2 Å². The van der Waals surface area contributed by atoms with Gasteiger partial charge in [0.25, 0.3) is 0 Å².